The van der Waals surface area contributed by atoms with Gasteiger partial charge < -0.3 is 4.74 Å². The van der Waals surface area contributed by atoms with Crippen molar-refractivity contribution in [3.8, 4) is 5.75 Å². The van der Waals surface area contributed by atoms with E-state index in [4.69, 9.17) is 4.74 Å². The van der Waals surface area contributed by atoms with Crippen molar-refractivity contribution in [1.29, 1.82) is 0 Å². The van der Waals surface area contributed by atoms with Crippen molar-refractivity contribution >= 4 is 21.2 Å². The molecular weight excluding hydrogens is 356 g/mol. The minimum Gasteiger partial charge on any atom is -0.495 e. The minimum atomic E-state index is -3.91. The number of sulfonamides is 1. The molecule has 0 aliphatic heterocycles. The van der Waals surface area contributed by atoms with Crippen molar-refractivity contribution < 1.29 is 13.2 Å². The number of anilines is 1. The molecule has 8 nitrogen and oxygen atoms in total. The van der Waals surface area contributed by atoms with Crippen molar-refractivity contribution in [3.05, 3.63) is 52.2 Å². The first-order chi connectivity index (χ1) is 12.3. The molecule has 0 aliphatic rings. The molecule has 2 aromatic heterocycles. The molecule has 0 aliphatic carbocycles. The number of methoxy groups -OCH3 is 1. The number of rotatable bonds is 5. The first-order valence-electron chi connectivity index (χ1n) is 8.02. The zero-order chi connectivity index (χ0) is 19.1. The molecule has 0 fully saturated rings. The third kappa shape index (κ3) is 3.05. The zero-order valence-corrected chi connectivity index (χ0v) is 15.8. The van der Waals surface area contributed by atoms with Gasteiger partial charge in [-0.15, -0.1) is 0 Å². The maximum absolute atomic E-state index is 12.8. The molecule has 0 radical (unpaired) electrons. The first-order valence-corrected chi connectivity index (χ1v) is 9.51. The van der Waals surface area contributed by atoms with Crippen LogP contribution in [0.15, 0.2) is 40.2 Å². The van der Waals surface area contributed by atoms with Crippen molar-refractivity contribution in [1.82, 2.24) is 14.2 Å². The van der Waals surface area contributed by atoms with Crippen LogP contribution in [0, 0.1) is 6.92 Å². The quantitative estimate of drug-likeness (QED) is 0.732. The second-order valence-electron chi connectivity index (χ2n) is 5.94. The van der Waals surface area contributed by atoms with Gasteiger partial charge in [0.05, 0.1) is 12.8 Å². The molecule has 0 atom stereocenters. The molecule has 2 heterocycles. The third-order valence-corrected chi connectivity index (χ3v) is 5.41. The Morgan fingerprint density at radius 3 is 2.65 bits per heavy atom. The molecule has 0 bridgehead atoms. The molecule has 1 N–H and O–H groups in total. The summed E-state index contributed by atoms with van der Waals surface area (Å²) in [4.78, 5) is 12.3. The van der Waals surface area contributed by atoms with Crippen molar-refractivity contribution in [2.75, 3.05) is 11.8 Å². The Hall–Kier alpha value is -2.81. The van der Waals surface area contributed by atoms with Crippen LogP contribution in [0.4, 0.5) is 5.69 Å². The van der Waals surface area contributed by atoms with E-state index in [1.165, 1.54) is 28.5 Å². The van der Waals surface area contributed by atoms with Gasteiger partial charge in [-0.1, -0.05) is 13.0 Å². The summed E-state index contributed by atoms with van der Waals surface area (Å²) in [6.07, 6.45) is 1.96. The molecule has 0 saturated heterocycles. The van der Waals surface area contributed by atoms with E-state index >= 15 is 0 Å². The van der Waals surface area contributed by atoms with Gasteiger partial charge in [-0.05, 0) is 30.7 Å². The van der Waals surface area contributed by atoms with Crippen LogP contribution in [-0.2, 0) is 23.5 Å². The van der Waals surface area contributed by atoms with Gasteiger partial charge in [0.15, 0.2) is 0 Å². The molecule has 0 saturated carbocycles. The van der Waals surface area contributed by atoms with Gasteiger partial charge in [0.25, 0.3) is 15.6 Å². The van der Waals surface area contributed by atoms with Crippen LogP contribution < -0.4 is 15.0 Å². The lowest BCUT2D eigenvalue weighted by atomic mass is 10.2. The van der Waals surface area contributed by atoms with Crippen molar-refractivity contribution in [3.63, 3.8) is 0 Å². The average molecular weight is 376 g/mol. The highest BCUT2D eigenvalue weighted by molar-refractivity contribution is 7.92. The normalized spacial score (nSPS) is 11.7. The summed E-state index contributed by atoms with van der Waals surface area (Å²) in [5.74, 6) is 1.01. The summed E-state index contributed by atoms with van der Waals surface area (Å²) in [5.41, 5.74) is 1.12. The van der Waals surface area contributed by atoms with E-state index in [1.807, 2.05) is 19.9 Å². The number of hydrogen-bond donors (Lipinski definition) is 1. The number of aromatic nitrogens is 3. The molecule has 0 unspecified atom stereocenters. The highest BCUT2D eigenvalue weighted by Crippen LogP contribution is 2.28. The lowest BCUT2D eigenvalue weighted by Crippen LogP contribution is -2.23. The number of nitrogens with one attached hydrogen (secondary N) is 1. The van der Waals surface area contributed by atoms with E-state index in [2.05, 4.69) is 9.82 Å². The van der Waals surface area contributed by atoms with E-state index in [0.29, 0.717) is 23.7 Å². The molecule has 3 rings (SSSR count). The van der Waals surface area contributed by atoms with Crippen LogP contribution in [0.2, 0.25) is 0 Å². The first kappa shape index (κ1) is 18.0. The van der Waals surface area contributed by atoms with E-state index < -0.39 is 10.0 Å². The number of fused-ring (bicyclic) bond motifs is 1. The van der Waals surface area contributed by atoms with Gasteiger partial charge in [-0.3, -0.25) is 13.9 Å². The molecule has 138 valence electrons. The number of nitrogens with zero attached hydrogens (tertiary/aromatic N) is 3. The Morgan fingerprint density at radius 2 is 2.00 bits per heavy atom. The standard InChI is InChI=1S/C17H20N4O4S/c1-5-16-18-20(3)17(22)14-9-12(10-21(14)16)26(23,24)19-13-8-11(2)6-7-15(13)25-4/h6-10,19H,5H2,1-4H3. The van der Waals surface area contributed by atoms with Crippen LogP contribution in [0.3, 0.4) is 0 Å². The Kier molecular flexibility index (Phi) is 4.49. The predicted octanol–water partition coefficient (Wildman–Crippen LogP) is 1.71. The molecule has 26 heavy (non-hydrogen) atoms. The van der Waals surface area contributed by atoms with Crippen molar-refractivity contribution in [2.45, 2.75) is 25.2 Å². The summed E-state index contributed by atoms with van der Waals surface area (Å²) in [6.45, 7) is 3.74. The fourth-order valence-electron chi connectivity index (χ4n) is 2.74. The largest absolute Gasteiger partial charge is 0.495 e. The monoisotopic (exact) mass is 376 g/mol. The van der Waals surface area contributed by atoms with Crippen molar-refractivity contribution in [2.24, 2.45) is 7.05 Å². The Labute approximate surface area is 151 Å². The second-order valence-corrected chi connectivity index (χ2v) is 7.62. The fraction of sp³-hybridized carbons (Fsp3) is 0.294. The van der Waals surface area contributed by atoms with E-state index in [-0.39, 0.29) is 16.0 Å². The Morgan fingerprint density at radius 1 is 1.27 bits per heavy atom. The maximum atomic E-state index is 12.8. The molecule has 1 aromatic carbocycles. The summed E-state index contributed by atoms with van der Waals surface area (Å²) in [5, 5.41) is 4.17. The van der Waals surface area contributed by atoms with Crippen LogP contribution >= 0.6 is 0 Å². The smallest absolute Gasteiger partial charge is 0.290 e. The highest BCUT2D eigenvalue weighted by atomic mass is 32.2. The average Bonchev–Trinajstić information content (AvgIpc) is 3.04. The van der Waals surface area contributed by atoms with Crippen LogP contribution in [0.25, 0.3) is 5.52 Å². The minimum absolute atomic E-state index is 0.0131. The topological polar surface area (TPSA) is 94.7 Å². The van der Waals surface area contributed by atoms with Crippen LogP contribution in [0.1, 0.15) is 18.3 Å². The summed E-state index contributed by atoms with van der Waals surface area (Å²) in [6, 6.07) is 6.56. The van der Waals surface area contributed by atoms with Gasteiger partial charge in [-0.2, -0.15) is 5.10 Å². The molecule has 0 spiro atoms. The second kappa shape index (κ2) is 6.49. The molecule has 3 aromatic rings. The summed E-state index contributed by atoms with van der Waals surface area (Å²) in [7, 11) is -0.895. The van der Waals surface area contributed by atoms with Crippen LogP contribution in [0.5, 0.6) is 5.75 Å². The maximum Gasteiger partial charge on any atom is 0.290 e. The summed E-state index contributed by atoms with van der Waals surface area (Å²) >= 11 is 0. The third-order valence-electron chi connectivity index (χ3n) is 4.08. The lowest BCUT2D eigenvalue weighted by Gasteiger charge is -2.11. The Balaban J connectivity index is 2.12. The zero-order valence-electron chi connectivity index (χ0n) is 15.0. The van der Waals surface area contributed by atoms with Gasteiger partial charge in [-0.25, -0.2) is 13.1 Å². The predicted molar refractivity (Wildman–Crippen MR) is 98.4 cm³/mol. The van der Waals surface area contributed by atoms with Gasteiger partial charge in [0.1, 0.15) is 22.0 Å². The number of benzene rings is 1. The summed E-state index contributed by atoms with van der Waals surface area (Å²) < 4.78 is 36.2. The Bertz CT molecular complexity index is 1150. The van der Waals surface area contributed by atoms with E-state index in [9.17, 15) is 13.2 Å². The molecule has 9 heteroatoms. The number of aryl methyl sites for hydroxylation is 3. The van der Waals surface area contributed by atoms with E-state index in [0.717, 1.165) is 5.56 Å². The van der Waals surface area contributed by atoms with E-state index in [1.54, 1.807) is 19.2 Å². The van der Waals surface area contributed by atoms with Gasteiger partial charge in [0, 0.05) is 19.7 Å². The number of ether oxygens (including phenoxy) is 1. The van der Waals surface area contributed by atoms with Gasteiger partial charge in [0.2, 0.25) is 0 Å². The van der Waals surface area contributed by atoms with Crippen LogP contribution in [-0.4, -0.2) is 29.7 Å². The lowest BCUT2D eigenvalue weighted by molar-refractivity contribution is 0.417. The molecular formula is C17H20N4O4S. The number of hydrogen-bond acceptors (Lipinski definition) is 5. The highest BCUT2D eigenvalue weighted by Gasteiger charge is 2.21. The SMILES string of the molecule is CCc1nn(C)c(=O)c2cc(S(=O)(=O)Nc3cc(C)ccc3OC)cn12. The molecule has 0 amide bonds. The fourth-order valence-corrected chi connectivity index (χ4v) is 3.82. The van der Waals surface area contributed by atoms with Gasteiger partial charge >= 0.3 is 0 Å².